The Hall–Kier alpha value is -4.06. The van der Waals surface area contributed by atoms with Crippen LogP contribution in [-0.2, 0) is 0 Å². The van der Waals surface area contributed by atoms with Gasteiger partial charge in [0.1, 0.15) is 0 Å². The van der Waals surface area contributed by atoms with Crippen LogP contribution in [0.3, 0.4) is 0 Å². The molecule has 0 spiro atoms. The average Bonchev–Trinajstić information content (AvgIpc) is 3.09. The topological polar surface area (TPSA) is 78.0 Å². The summed E-state index contributed by atoms with van der Waals surface area (Å²) in [6.07, 6.45) is 0. The summed E-state index contributed by atoms with van der Waals surface area (Å²) in [4.78, 5) is 24.3. The summed E-state index contributed by atoms with van der Waals surface area (Å²) in [5.74, 6) is -0.477. The Labute approximate surface area is 179 Å². The molecule has 0 unspecified atom stereocenters. The number of hydrogen-bond acceptors (Lipinski definition) is 4. The molecule has 6 nitrogen and oxygen atoms in total. The molecule has 4 aromatic rings. The number of benzene rings is 3. The summed E-state index contributed by atoms with van der Waals surface area (Å²) in [7, 11) is 0. The number of nitrogens with zero attached hydrogens (tertiary/aromatic N) is 3. The predicted molar refractivity (Wildman–Crippen MR) is 119 cm³/mol. The van der Waals surface area contributed by atoms with Crippen molar-refractivity contribution in [1.82, 2.24) is 9.78 Å². The van der Waals surface area contributed by atoms with Gasteiger partial charge in [-0.25, -0.2) is 4.68 Å². The maximum atomic E-state index is 13.8. The second-order valence-corrected chi connectivity index (χ2v) is 7.35. The molecule has 0 aliphatic carbocycles. The molecule has 0 saturated carbocycles. The molecule has 0 bridgehead atoms. The standard InChI is InChI=1S/C25H21N3O3/c1-17-23(18(2)27(26-17)21-13-15-22(16-14-21)28(30)31)25(29)24(19-9-5-3-6-10-19)20-11-7-4-8-12-20/h3-16,24H,1-2H3. The highest BCUT2D eigenvalue weighted by molar-refractivity contribution is 6.04. The van der Waals surface area contributed by atoms with Gasteiger partial charge in [0, 0.05) is 12.1 Å². The molecule has 31 heavy (non-hydrogen) atoms. The van der Waals surface area contributed by atoms with Gasteiger partial charge in [0.25, 0.3) is 5.69 Å². The minimum absolute atomic E-state index is 0.00907. The number of rotatable bonds is 6. The molecule has 0 N–H and O–H groups in total. The first-order valence-corrected chi connectivity index (χ1v) is 9.92. The molecule has 0 aliphatic heterocycles. The zero-order chi connectivity index (χ0) is 22.0. The van der Waals surface area contributed by atoms with Gasteiger partial charge in [0.15, 0.2) is 5.78 Å². The number of carbonyl (C=O) groups excluding carboxylic acids is 1. The molecule has 4 rings (SSSR count). The molecule has 0 fully saturated rings. The lowest BCUT2D eigenvalue weighted by atomic mass is 9.84. The monoisotopic (exact) mass is 411 g/mol. The molecule has 0 aliphatic rings. The molecule has 154 valence electrons. The SMILES string of the molecule is Cc1nn(-c2ccc([N+](=O)[O-])cc2)c(C)c1C(=O)C(c1ccccc1)c1ccccc1. The van der Waals surface area contributed by atoms with Crippen LogP contribution in [0.5, 0.6) is 0 Å². The number of hydrogen-bond donors (Lipinski definition) is 0. The van der Waals surface area contributed by atoms with Crippen molar-refractivity contribution in [3.05, 3.63) is 123 Å². The quantitative estimate of drug-likeness (QED) is 0.241. The summed E-state index contributed by atoms with van der Waals surface area (Å²) in [5.41, 5.74) is 4.40. The third-order valence-electron chi connectivity index (χ3n) is 5.37. The van der Waals surface area contributed by atoms with Crippen LogP contribution in [0.1, 0.15) is 38.8 Å². The molecule has 0 saturated heterocycles. The number of nitro benzene ring substituents is 1. The van der Waals surface area contributed by atoms with Crippen LogP contribution in [0, 0.1) is 24.0 Å². The van der Waals surface area contributed by atoms with E-state index in [2.05, 4.69) is 5.10 Å². The van der Waals surface area contributed by atoms with E-state index in [4.69, 9.17) is 0 Å². The average molecular weight is 411 g/mol. The van der Waals surface area contributed by atoms with Crippen molar-refractivity contribution >= 4 is 11.5 Å². The zero-order valence-electron chi connectivity index (χ0n) is 17.2. The minimum Gasteiger partial charge on any atom is -0.293 e. The highest BCUT2D eigenvalue weighted by atomic mass is 16.6. The fourth-order valence-corrected chi connectivity index (χ4v) is 3.90. The number of non-ortho nitro benzene ring substituents is 1. The largest absolute Gasteiger partial charge is 0.293 e. The van der Waals surface area contributed by atoms with Crippen LogP contribution >= 0.6 is 0 Å². The summed E-state index contributed by atoms with van der Waals surface area (Å²) in [5, 5.41) is 15.5. The second-order valence-electron chi connectivity index (χ2n) is 7.35. The molecule has 1 heterocycles. The van der Waals surface area contributed by atoms with E-state index in [1.54, 1.807) is 16.8 Å². The third kappa shape index (κ3) is 3.88. The number of aryl methyl sites for hydroxylation is 1. The van der Waals surface area contributed by atoms with E-state index in [9.17, 15) is 14.9 Å². The molecular formula is C25H21N3O3. The fraction of sp³-hybridized carbons (Fsp3) is 0.120. The molecule has 0 amide bonds. The minimum atomic E-state index is -0.450. The number of ketones is 1. The highest BCUT2D eigenvalue weighted by Crippen LogP contribution is 2.31. The van der Waals surface area contributed by atoms with E-state index in [1.165, 1.54) is 12.1 Å². The predicted octanol–water partition coefficient (Wildman–Crippen LogP) is 5.41. The smallest absolute Gasteiger partial charge is 0.269 e. The van der Waals surface area contributed by atoms with Crippen LogP contribution in [0.2, 0.25) is 0 Å². The van der Waals surface area contributed by atoms with E-state index in [0.29, 0.717) is 22.6 Å². The lowest BCUT2D eigenvalue weighted by Gasteiger charge is -2.17. The lowest BCUT2D eigenvalue weighted by molar-refractivity contribution is -0.384. The molecule has 1 aromatic heterocycles. The maximum Gasteiger partial charge on any atom is 0.269 e. The molecule has 0 atom stereocenters. The molecular weight excluding hydrogens is 390 g/mol. The van der Waals surface area contributed by atoms with Crippen molar-refractivity contribution in [2.24, 2.45) is 0 Å². The van der Waals surface area contributed by atoms with Crippen LogP contribution in [0.15, 0.2) is 84.9 Å². The van der Waals surface area contributed by atoms with E-state index < -0.39 is 10.8 Å². The van der Waals surface area contributed by atoms with Crippen LogP contribution in [-0.4, -0.2) is 20.5 Å². The summed E-state index contributed by atoms with van der Waals surface area (Å²) in [6, 6.07) is 25.6. The van der Waals surface area contributed by atoms with E-state index in [-0.39, 0.29) is 11.5 Å². The fourth-order valence-electron chi connectivity index (χ4n) is 3.90. The van der Waals surface area contributed by atoms with E-state index >= 15 is 0 Å². The highest BCUT2D eigenvalue weighted by Gasteiger charge is 2.29. The lowest BCUT2D eigenvalue weighted by Crippen LogP contribution is -2.16. The maximum absolute atomic E-state index is 13.8. The van der Waals surface area contributed by atoms with Gasteiger partial charge in [0.2, 0.25) is 0 Å². The van der Waals surface area contributed by atoms with Crippen LogP contribution in [0.4, 0.5) is 5.69 Å². The van der Waals surface area contributed by atoms with Gasteiger partial charge in [-0.3, -0.25) is 14.9 Å². The third-order valence-corrected chi connectivity index (χ3v) is 5.37. The van der Waals surface area contributed by atoms with Crippen molar-refractivity contribution in [3.63, 3.8) is 0 Å². The van der Waals surface area contributed by atoms with Crippen LogP contribution in [0.25, 0.3) is 5.69 Å². The van der Waals surface area contributed by atoms with Crippen molar-refractivity contribution in [2.75, 3.05) is 0 Å². The molecule has 0 radical (unpaired) electrons. The summed E-state index contributed by atoms with van der Waals surface area (Å²) in [6.45, 7) is 3.66. The van der Waals surface area contributed by atoms with Crippen molar-refractivity contribution < 1.29 is 9.72 Å². The Morgan fingerprint density at radius 3 is 1.87 bits per heavy atom. The number of Topliss-reactive ketones (excluding diaryl/α,β-unsaturated/α-hetero) is 1. The Balaban J connectivity index is 1.79. The number of carbonyl (C=O) groups is 1. The van der Waals surface area contributed by atoms with Crippen molar-refractivity contribution in [2.45, 2.75) is 19.8 Å². The normalized spacial score (nSPS) is 10.9. The Bertz CT molecular complexity index is 1190. The van der Waals surface area contributed by atoms with Gasteiger partial charge in [0.05, 0.1) is 33.5 Å². The van der Waals surface area contributed by atoms with E-state index in [1.807, 2.05) is 74.5 Å². The zero-order valence-corrected chi connectivity index (χ0v) is 17.2. The van der Waals surface area contributed by atoms with Crippen LogP contribution < -0.4 is 0 Å². The number of nitro groups is 1. The van der Waals surface area contributed by atoms with Gasteiger partial charge < -0.3 is 0 Å². The van der Waals surface area contributed by atoms with Crippen molar-refractivity contribution in [3.8, 4) is 5.69 Å². The van der Waals surface area contributed by atoms with Gasteiger partial charge in [-0.05, 0) is 37.1 Å². The second kappa shape index (κ2) is 8.36. The van der Waals surface area contributed by atoms with E-state index in [0.717, 1.165) is 11.1 Å². The first-order valence-electron chi connectivity index (χ1n) is 9.92. The van der Waals surface area contributed by atoms with Crippen molar-refractivity contribution in [1.29, 1.82) is 0 Å². The van der Waals surface area contributed by atoms with Gasteiger partial charge in [-0.1, -0.05) is 60.7 Å². The van der Waals surface area contributed by atoms with Gasteiger partial charge >= 0.3 is 0 Å². The number of aromatic nitrogens is 2. The summed E-state index contributed by atoms with van der Waals surface area (Å²) >= 11 is 0. The Morgan fingerprint density at radius 2 is 1.39 bits per heavy atom. The molecule has 3 aromatic carbocycles. The molecule has 6 heteroatoms. The Kier molecular flexibility index (Phi) is 5.45. The summed E-state index contributed by atoms with van der Waals surface area (Å²) < 4.78 is 1.67. The first-order chi connectivity index (χ1) is 15.0. The first kappa shape index (κ1) is 20.2. The van der Waals surface area contributed by atoms with Gasteiger partial charge in [-0.2, -0.15) is 5.10 Å². The van der Waals surface area contributed by atoms with Gasteiger partial charge in [-0.15, -0.1) is 0 Å². The Morgan fingerprint density at radius 1 is 0.871 bits per heavy atom.